The van der Waals surface area contributed by atoms with E-state index in [0.29, 0.717) is 28.6 Å². The molecule has 0 saturated heterocycles. The first-order valence-electron chi connectivity index (χ1n) is 14.0. The van der Waals surface area contributed by atoms with Crippen molar-refractivity contribution in [2.45, 2.75) is 37.2 Å². The average molecular weight is 673 g/mol. The molecule has 1 N–H and O–H groups in total. The Hall–Kier alpha value is -3.56. The smallest absolute Gasteiger partial charge is 0.264 e. The van der Waals surface area contributed by atoms with Gasteiger partial charge in [0.15, 0.2) is 0 Å². The molecule has 0 aliphatic rings. The zero-order valence-electron chi connectivity index (χ0n) is 24.0. The molecular formula is C33H32Cl3N3O4S. The van der Waals surface area contributed by atoms with Gasteiger partial charge in [-0.1, -0.05) is 102 Å². The highest BCUT2D eigenvalue weighted by atomic mass is 35.5. The van der Waals surface area contributed by atoms with E-state index in [1.165, 1.54) is 35.2 Å². The molecule has 0 spiro atoms. The molecule has 44 heavy (non-hydrogen) atoms. The molecule has 230 valence electrons. The van der Waals surface area contributed by atoms with Gasteiger partial charge < -0.3 is 10.2 Å². The monoisotopic (exact) mass is 671 g/mol. The van der Waals surface area contributed by atoms with E-state index >= 15 is 0 Å². The van der Waals surface area contributed by atoms with Crippen LogP contribution in [0.5, 0.6) is 0 Å². The van der Waals surface area contributed by atoms with Gasteiger partial charge in [-0.2, -0.15) is 0 Å². The number of hydrogen-bond donors (Lipinski definition) is 1. The zero-order chi connectivity index (χ0) is 31.7. The minimum absolute atomic E-state index is 0.00398. The summed E-state index contributed by atoms with van der Waals surface area (Å²) >= 11 is 18.9. The Balaban J connectivity index is 1.81. The van der Waals surface area contributed by atoms with Gasteiger partial charge in [0.05, 0.1) is 15.6 Å². The zero-order valence-corrected chi connectivity index (χ0v) is 27.1. The Morgan fingerprint density at radius 2 is 1.43 bits per heavy atom. The van der Waals surface area contributed by atoms with E-state index < -0.39 is 28.5 Å². The predicted molar refractivity (Wildman–Crippen MR) is 177 cm³/mol. The largest absolute Gasteiger partial charge is 0.354 e. The first-order chi connectivity index (χ1) is 21.1. The van der Waals surface area contributed by atoms with Gasteiger partial charge in [-0.3, -0.25) is 13.9 Å². The number of hydrogen-bond acceptors (Lipinski definition) is 4. The molecule has 2 amide bonds. The summed E-state index contributed by atoms with van der Waals surface area (Å²) in [5.41, 5.74) is 1.59. The van der Waals surface area contributed by atoms with Crippen LogP contribution in [0.3, 0.4) is 0 Å². The highest BCUT2D eigenvalue weighted by Crippen LogP contribution is 2.33. The summed E-state index contributed by atoms with van der Waals surface area (Å²) in [6.45, 7) is 1.72. The van der Waals surface area contributed by atoms with Crippen molar-refractivity contribution in [1.29, 1.82) is 0 Å². The summed E-state index contributed by atoms with van der Waals surface area (Å²) in [4.78, 5) is 29.5. The molecule has 0 aromatic heterocycles. The molecule has 11 heteroatoms. The molecular weight excluding hydrogens is 641 g/mol. The number of carbonyl (C=O) groups is 2. The van der Waals surface area contributed by atoms with Crippen molar-refractivity contribution >= 4 is 62.3 Å². The van der Waals surface area contributed by atoms with Crippen LogP contribution in [0.15, 0.2) is 108 Å². The molecule has 0 saturated carbocycles. The fourth-order valence-corrected chi connectivity index (χ4v) is 6.90. The van der Waals surface area contributed by atoms with Gasteiger partial charge in [0.25, 0.3) is 10.0 Å². The summed E-state index contributed by atoms with van der Waals surface area (Å²) < 4.78 is 29.0. The molecule has 4 rings (SSSR count). The van der Waals surface area contributed by atoms with Crippen molar-refractivity contribution in [3.8, 4) is 0 Å². The Labute approximate surface area is 273 Å². The number of sulfonamides is 1. The summed E-state index contributed by atoms with van der Waals surface area (Å²) in [6.07, 6.45) is 0.903. The molecule has 4 aromatic carbocycles. The maximum absolute atomic E-state index is 14.4. The van der Waals surface area contributed by atoms with Crippen LogP contribution in [0.25, 0.3) is 0 Å². The minimum atomic E-state index is -4.28. The molecule has 0 heterocycles. The third-order valence-corrected chi connectivity index (χ3v) is 9.40. The third kappa shape index (κ3) is 8.54. The number of nitrogens with zero attached hydrogens (tertiary/aromatic N) is 2. The normalized spacial score (nSPS) is 11.9. The summed E-state index contributed by atoms with van der Waals surface area (Å²) in [6, 6.07) is 27.5. The topological polar surface area (TPSA) is 86.8 Å². The van der Waals surface area contributed by atoms with Crippen LogP contribution in [-0.2, 0) is 32.6 Å². The van der Waals surface area contributed by atoms with E-state index in [9.17, 15) is 18.0 Å². The van der Waals surface area contributed by atoms with Crippen LogP contribution < -0.4 is 9.62 Å². The van der Waals surface area contributed by atoms with Crippen molar-refractivity contribution in [2.75, 3.05) is 17.4 Å². The van der Waals surface area contributed by atoms with Crippen molar-refractivity contribution in [2.24, 2.45) is 0 Å². The molecule has 0 fully saturated rings. The fraction of sp³-hybridized carbons (Fsp3) is 0.212. The Kier molecular flexibility index (Phi) is 11.7. The third-order valence-electron chi connectivity index (χ3n) is 6.85. The highest BCUT2D eigenvalue weighted by molar-refractivity contribution is 7.92. The Morgan fingerprint density at radius 1 is 0.795 bits per heavy atom. The van der Waals surface area contributed by atoms with Gasteiger partial charge in [0.1, 0.15) is 12.6 Å². The molecule has 7 nitrogen and oxygen atoms in total. The molecule has 0 aliphatic carbocycles. The maximum atomic E-state index is 14.4. The van der Waals surface area contributed by atoms with E-state index in [4.69, 9.17) is 34.8 Å². The van der Waals surface area contributed by atoms with Crippen LogP contribution in [0.2, 0.25) is 15.1 Å². The van der Waals surface area contributed by atoms with Gasteiger partial charge in [0, 0.05) is 29.6 Å². The Bertz CT molecular complexity index is 1690. The van der Waals surface area contributed by atoms with Crippen molar-refractivity contribution < 1.29 is 18.0 Å². The van der Waals surface area contributed by atoms with Crippen LogP contribution in [0.1, 0.15) is 24.5 Å². The highest BCUT2D eigenvalue weighted by Gasteiger charge is 2.35. The van der Waals surface area contributed by atoms with Crippen LogP contribution >= 0.6 is 34.8 Å². The maximum Gasteiger partial charge on any atom is 0.264 e. The Morgan fingerprint density at radius 3 is 2.07 bits per heavy atom. The summed E-state index contributed by atoms with van der Waals surface area (Å²) in [5.74, 6) is -0.962. The lowest BCUT2D eigenvalue weighted by Crippen LogP contribution is -2.53. The number of carbonyl (C=O) groups excluding carboxylic acids is 2. The predicted octanol–water partition coefficient (Wildman–Crippen LogP) is 7.01. The second-order valence-electron chi connectivity index (χ2n) is 10.1. The molecule has 0 aliphatic heterocycles. The van der Waals surface area contributed by atoms with E-state index in [2.05, 4.69) is 5.32 Å². The number of benzene rings is 4. The number of anilines is 1. The molecule has 4 aromatic rings. The lowest BCUT2D eigenvalue weighted by Gasteiger charge is -2.34. The molecule has 0 bridgehead atoms. The van der Waals surface area contributed by atoms with Gasteiger partial charge in [-0.05, 0) is 60.0 Å². The SMILES string of the molecule is CCCNC(=O)[C@@H](Cc1ccccc1)N(Cc1cccc(Cl)c1)C(=O)CN(c1ccc(Cl)cc1Cl)S(=O)(=O)c1ccccc1. The average Bonchev–Trinajstić information content (AvgIpc) is 3.01. The van der Waals surface area contributed by atoms with Crippen molar-refractivity contribution in [3.63, 3.8) is 0 Å². The van der Waals surface area contributed by atoms with E-state index in [1.54, 1.807) is 42.5 Å². The van der Waals surface area contributed by atoms with E-state index in [0.717, 1.165) is 9.87 Å². The van der Waals surface area contributed by atoms with E-state index in [-0.39, 0.29) is 34.5 Å². The second-order valence-corrected chi connectivity index (χ2v) is 13.2. The van der Waals surface area contributed by atoms with E-state index in [1.807, 2.05) is 37.3 Å². The van der Waals surface area contributed by atoms with Gasteiger partial charge >= 0.3 is 0 Å². The standard InChI is InChI=1S/C33H32Cl3N3O4S/c1-2-18-37-33(41)31(20-24-10-5-3-6-11-24)38(22-25-12-9-13-26(34)19-25)32(40)23-39(30-17-16-27(35)21-29(30)36)44(42,43)28-14-7-4-8-15-28/h3-17,19,21,31H,2,18,20,22-23H2,1H3,(H,37,41)/t31-/m1/s1. The van der Waals surface area contributed by atoms with Gasteiger partial charge in [0.2, 0.25) is 11.8 Å². The van der Waals surface area contributed by atoms with Crippen LogP contribution in [0.4, 0.5) is 5.69 Å². The first-order valence-corrected chi connectivity index (χ1v) is 16.6. The van der Waals surface area contributed by atoms with Crippen LogP contribution in [-0.4, -0.2) is 44.3 Å². The number of nitrogens with one attached hydrogen (secondary N) is 1. The molecule has 1 atom stereocenters. The minimum Gasteiger partial charge on any atom is -0.354 e. The van der Waals surface area contributed by atoms with Gasteiger partial charge in [-0.25, -0.2) is 8.42 Å². The van der Waals surface area contributed by atoms with Gasteiger partial charge in [-0.15, -0.1) is 0 Å². The lowest BCUT2D eigenvalue weighted by atomic mass is 10.0. The number of amides is 2. The second kappa shape index (κ2) is 15.4. The number of halogens is 3. The first kappa shape index (κ1) is 33.3. The molecule has 0 unspecified atom stereocenters. The van der Waals surface area contributed by atoms with Crippen molar-refractivity contribution in [3.05, 3.63) is 129 Å². The molecule has 0 radical (unpaired) electrons. The summed E-state index contributed by atoms with van der Waals surface area (Å²) in [7, 11) is -4.28. The fourth-order valence-electron chi connectivity index (χ4n) is 4.67. The van der Waals surface area contributed by atoms with Crippen molar-refractivity contribution in [1.82, 2.24) is 10.2 Å². The quantitative estimate of drug-likeness (QED) is 0.166. The van der Waals surface area contributed by atoms with Crippen LogP contribution in [0, 0.1) is 0 Å². The summed E-state index contributed by atoms with van der Waals surface area (Å²) in [5, 5.41) is 3.73. The lowest BCUT2D eigenvalue weighted by molar-refractivity contribution is -0.140. The number of rotatable bonds is 13.